The highest BCUT2D eigenvalue weighted by molar-refractivity contribution is 6.42. The molecule has 5 nitrogen and oxygen atoms in total. The minimum Gasteiger partial charge on any atom is -0.373 e. The normalized spacial score (nSPS) is 15.7. The second kappa shape index (κ2) is 9.26. The lowest BCUT2D eigenvalue weighted by molar-refractivity contribution is -0.00894. The first kappa shape index (κ1) is 20.4. The summed E-state index contributed by atoms with van der Waals surface area (Å²) in [4.78, 5) is 6.98. The third-order valence-corrected chi connectivity index (χ3v) is 5.89. The highest BCUT2D eigenvalue weighted by Crippen LogP contribution is 2.28. The van der Waals surface area contributed by atoms with Gasteiger partial charge in [0.25, 0.3) is 0 Å². The van der Waals surface area contributed by atoms with Gasteiger partial charge in [0.05, 0.1) is 29.4 Å². The summed E-state index contributed by atoms with van der Waals surface area (Å²) >= 11 is 12.2. The summed E-state index contributed by atoms with van der Waals surface area (Å²) < 4.78 is 8.04. The van der Waals surface area contributed by atoms with E-state index in [9.17, 15) is 0 Å². The van der Waals surface area contributed by atoms with Crippen LogP contribution in [-0.2, 0) is 18.0 Å². The van der Waals surface area contributed by atoms with Crippen LogP contribution in [0, 0.1) is 6.92 Å². The van der Waals surface area contributed by atoms with Gasteiger partial charge >= 0.3 is 0 Å². The number of rotatable bonds is 6. The lowest BCUT2D eigenvalue weighted by atomic mass is 10.1. The standard InChI is InChI=1S/C22H24Cl2N4O/c1-16-25-22(18-7-8-20(23)21(24)13-18)28(26-16)15-27-11-9-19(10-12-27)29-14-17-5-3-2-4-6-17/h2-8,13,19H,9-12,14-15H2,1H3. The molecule has 1 aromatic heterocycles. The molecule has 7 heteroatoms. The molecule has 1 saturated heterocycles. The highest BCUT2D eigenvalue weighted by atomic mass is 35.5. The van der Waals surface area contributed by atoms with Crippen molar-refractivity contribution in [3.8, 4) is 11.4 Å². The van der Waals surface area contributed by atoms with Gasteiger partial charge in [0, 0.05) is 18.7 Å². The van der Waals surface area contributed by atoms with Crippen LogP contribution < -0.4 is 0 Å². The molecule has 0 bridgehead atoms. The van der Waals surface area contributed by atoms with Gasteiger partial charge in [-0.2, -0.15) is 5.10 Å². The average molecular weight is 431 g/mol. The zero-order chi connectivity index (χ0) is 20.2. The van der Waals surface area contributed by atoms with Crippen LogP contribution in [0.2, 0.25) is 10.0 Å². The van der Waals surface area contributed by atoms with Crippen LogP contribution in [-0.4, -0.2) is 38.9 Å². The molecular weight excluding hydrogens is 407 g/mol. The Hall–Kier alpha value is -1.92. The van der Waals surface area contributed by atoms with Crippen molar-refractivity contribution in [3.63, 3.8) is 0 Å². The number of ether oxygens (including phenoxy) is 1. The number of hydrogen-bond donors (Lipinski definition) is 0. The Kier molecular flexibility index (Phi) is 6.50. The number of aryl methyl sites for hydroxylation is 1. The van der Waals surface area contributed by atoms with Gasteiger partial charge < -0.3 is 4.74 Å². The van der Waals surface area contributed by atoms with Crippen LogP contribution in [0.4, 0.5) is 0 Å². The molecule has 0 saturated carbocycles. The van der Waals surface area contributed by atoms with Crippen molar-refractivity contribution in [3.05, 3.63) is 70.0 Å². The Morgan fingerprint density at radius 1 is 1.03 bits per heavy atom. The molecule has 1 fully saturated rings. The number of benzene rings is 2. The summed E-state index contributed by atoms with van der Waals surface area (Å²) in [5.41, 5.74) is 2.14. The van der Waals surface area contributed by atoms with Crippen molar-refractivity contribution in [2.24, 2.45) is 0 Å². The first-order chi connectivity index (χ1) is 14.1. The fourth-order valence-corrected chi connectivity index (χ4v) is 3.90. The SMILES string of the molecule is Cc1nc(-c2ccc(Cl)c(Cl)c2)n(CN2CCC(OCc3ccccc3)CC2)n1. The van der Waals surface area contributed by atoms with Gasteiger partial charge in [-0.3, -0.25) is 4.90 Å². The second-order valence-electron chi connectivity index (χ2n) is 7.37. The van der Waals surface area contributed by atoms with E-state index in [1.54, 1.807) is 6.07 Å². The van der Waals surface area contributed by atoms with Crippen LogP contribution in [0.5, 0.6) is 0 Å². The molecule has 0 radical (unpaired) electrons. The molecule has 152 valence electrons. The van der Waals surface area contributed by atoms with E-state index in [1.165, 1.54) is 5.56 Å². The van der Waals surface area contributed by atoms with Gasteiger partial charge in [-0.05, 0) is 43.5 Å². The van der Waals surface area contributed by atoms with Crippen LogP contribution in [0.25, 0.3) is 11.4 Å². The van der Waals surface area contributed by atoms with Gasteiger partial charge in [0.1, 0.15) is 5.82 Å². The predicted octanol–water partition coefficient (Wildman–Crippen LogP) is 5.20. The van der Waals surface area contributed by atoms with E-state index in [2.05, 4.69) is 27.1 Å². The number of likely N-dealkylation sites (tertiary alicyclic amines) is 1. The van der Waals surface area contributed by atoms with E-state index >= 15 is 0 Å². The molecule has 4 rings (SSSR count). The monoisotopic (exact) mass is 430 g/mol. The third kappa shape index (κ3) is 5.17. The zero-order valence-corrected chi connectivity index (χ0v) is 17.9. The molecule has 0 atom stereocenters. The number of hydrogen-bond acceptors (Lipinski definition) is 4. The van der Waals surface area contributed by atoms with E-state index < -0.39 is 0 Å². The van der Waals surface area contributed by atoms with Crippen molar-refractivity contribution < 1.29 is 4.74 Å². The lowest BCUT2D eigenvalue weighted by Gasteiger charge is -2.31. The van der Waals surface area contributed by atoms with Gasteiger partial charge in [0.2, 0.25) is 0 Å². The maximum atomic E-state index is 6.19. The summed E-state index contributed by atoms with van der Waals surface area (Å²) in [6.45, 7) is 5.22. The average Bonchev–Trinajstić information content (AvgIpc) is 3.10. The molecular formula is C22H24Cl2N4O. The predicted molar refractivity (Wildman–Crippen MR) is 116 cm³/mol. The van der Waals surface area contributed by atoms with Gasteiger partial charge in [0.15, 0.2) is 5.82 Å². The van der Waals surface area contributed by atoms with Crippen molar-refractivity contribution in [2.75, 3.05) is 13.1 Å². The summed E-state index contributed by atoms with van der Waals surface area (Å²) in [6, 6.07) is 15.9. The third-order valence-electron chi connectivity index (χ3n) is 5.15. The molecule has 1 aliphatic rings. The van der Waals surface area contributed by atoms with E-state index in [0.29, 0.717) is 29.4 Å². The van der Waals surface area contributed by atoms with Gasteiger partial charge in [-0.1, -0.05) is 53.5 Å². The minimum atomic E-state index is 0.304. The Balaban J connectivity index is 1.35. The van der Waals surface area contributed by atoms with Crippen LogP contribution in [0.1, 0.15) is 24.2 Å². The first-order valence-corrected chi connectivity index (χ1v) is 10.6. The topological polar surface area (TPSA) is 43.2 Å². The Bertz CT molecular complexity index is 953. The maximum Gasteiger partial charge on any atom is 0.159 e. The van der Waals surface area contributed by atoms with E-state index in [4.69, 9.17) is 27.9 Å². The molecule has 0 N–H and O–H groups in total. The smallest absolute Gasteiger partial charge is 0.159 e. The zero-order valence-electron chi connectivity index (χ0n) is 16.4. The molecule has 3 aromatic rings. The first-order valence-electron chi connectivity index (χ1n) is 9.83. The molecule has 0 unspecified atom stereocenters. The fourth-order valence-electron chi connectivity index (χ4n) is 3.60. The van der Waals surface area contributed by atoms with Crippen molar-refractivity contribution in [2.45, 2.75) is 39.1 Å². The largest absolute Gasteiger partial charge is 0.373 e. The van der Waals surface area contributed by atoms with E-state index in [1.807, 2.05) is 41.9 Å². The highest BCUT2D eigenvalue weighted by Gasteiger charge is 2.21. The maximum absolute atomic E-state index is 6.19. The quantitative estimate of drug-likeness (QED) is 0.538. The number of nitrogens with zero attached hydrogens (tertiary/aromatic N) is 4. The Morgan fingerprint density at radius 2 is 1.79 bits per heavy atom. The Morgan fingerprint density at radius 3 is 2.52 bits per heavy atom. The van der Waals surface area contributed by atoms with Gasteiger partial charge in [-0.15, -0.1) is 0 Å². The van der Waals surface area contributed by atoms with Crippen molar-refractivity contribution >= 4 is 23.2 Å². The minimum absolute atomic E-state index is 0.304. The summed E-state index contributed by atoms with van der Waals surface area (Å²) in [7, 11) is 0. The van der Waals surface area contributed by atoms with Gasteiger partial charge in [-0.25, -0.2) is 9.67 Å². The number of aromatic nitrogens is 3. The molecule has 29 heavy (non-hydrogen) atoms. The van der Waals surface area contributed by atoms with E-state index in [0.717, 1.165) is 43.1 Å². The van der Waals surface area contributed by atoms with Crippen molar-refractivity contribution in [1.29, 1.82) is 0 Å². The van der Waals surface area contributed by atoms with Crippen LogP contribution in [0.3, 0.4) is 0 Å². The fraction of sp³-hybridized carbons (Fsp3) is 0.364. The van der Waals surface area contributed by atoms with Crippen molar-refractivity contribution in [1.82, 2.24) is 19.7 Å². The Labute approximate surface area is 181 Å². The molecule has 0 spiro atoms. The summed E-state index contributed by atoms with van der Waals surface area (Å²) in [6.07, 6.45) is 2.34. The second-order valence-corrected chi connectivity index (χ2v) is 8.18. The molecule has 0 amide bonds. The summed E-state index contributed by atoms with van der Waals surface area (Å²) in [5, 5.41) is 5.64. The van der Waals surface area contributed by atoms with Crippen LogP contribution >= 0.6 is 23.2 Å². The van der Waals surface area contributed by atoms with E-state index in [-0.39, 0.29) is 0 Å². The molecule has 2 aromatic carbocycles. The lowest BCUT2D eigenvalue weighted by Crippen LogP contribution is -2.38. The molecule has 0 aliphatic carbocycles. The van der Waals surface area contributed by atoms with Crippen LogP contribution in [0.15, 0.2) is 48.5 Å². The molecule has 2 heterocycles. The summed E-state index contributed by atoms with van der Waals surface area (Å²) in [5.74, 6) is 1.55. The molecule has 1 aliphatic heterocycles. The number of piperidine rings is 1. The number of halogens is 2.